The van der Waals surface area contributed by atoms with Gasteiger partial charge in [0.1, 0.15) is 0 Å². The van der Waals surface area contributed by atoms with Crippen molar-refractivity contribution in [2.45, 2.75) is 38.4 Å². The third-order valence-corrected chi connectivity index (χ3v) is 3.27. The molecule has 0 aromatic carbocycles. The molecule has 1 aromatic heterocycles. The number of alkyl halides is 1. The third kappa shape index (κ3) is 4.28. The molecule has 74 valence electrons. The van der Waals surface area contributed by atoms with Gasteiger partial charge in [0.25, 0.3) is 0 Å². The van der Waals surface area contributed by atoms with Gasteiger partial charge in [-0.25, -0.2) is 0 Å². The molecule has 1 unspecified atom stereocenters. The molecule has 13 heavy (non-hydrogen) atoms. The van der Waals surface area contributed by atoms with Gasteiger partial charge in [-0.05, 0) is 29.7 Å². The molecule has 0 aliphatic carbocycles. The van der Waals surface area contributed by atoms with E-state index in [9.17, 15) is 0 Å². The third-order valence-electron chi connectivity index (χ3n) is 2.07. The number of thiophene rings is 1. The van der Waals surface area contributed by atoms with E-state index in [1.165, 1.54) is 17.7 Å². The molecule has 0 saturated carbocycles. The van der Waals surface area contributed by atoms with E-state index >= 15 is 0 Å². The molecule has 0 bridgehead atoms. The highest BCUT2D eigenvalue weighted by Crippen LogP contribution is 2.31. The summed E-state index contributed by atoms with van der Waals surface area (Å²) in [6.07, 6.45) is 2.42. The Morgan fingerprint density at radius 3 is 2.69 bits per heavy atom. The zero-order valence-electron chi connectivity index (χ0n) is 8.51. The second kappa shape index (κ2) is 4.61. The van der Waals surface area contributed by atoms with E-state index in [1.54, 1.807) is 0 Å². The van der Waals surface area contributed by atoms with Gasteiger partial charge in [-0.1, -0.05) is 42.8 Å². The number of rotatable bonds is 4. The molecule has 0 fully saturated rings. The summed E-state index contributed by atoms with van der Waals surface area (Å²) in [5.41, 5.74) is 0.410. The normalized spacial score (nSPS) is 14.5. The van der Waals surface area contributed by atoms with E-state index in [1.807, 2.05) is 11.3 Å². The molecular weight excluding hydrogens is 244 g/mol. The Bertz CT molecular complexity index is 237. The topological polar surface area (TPSA) is 0 Å². The smallest absolute Gasteiger partial charge is 0.0122 e. The first kappa shape index (κ1) is 11.3. The van der Waals surface area contributed by atoms with E-state index < -0.39 is 0 Å². The fourth-order valence-electron chi connectivity index (χ4n) is 1.72. The fraction of sp³-hybridized carbons (Fsp3) is 0.636. The highest BCUT2D eigenvalue weighted by Gasteiger charge is 2.20. The predicted molar refractivity (Wildman–Crippen MR) is 64.8 cm³/mol. The lowest BCUT2D eigenvalue weighted by Gasteiger charge is -2.25. The van der Waals surface area contributed by atoms with Crippen LogP contribution in [0.4, 0.5) is 0 Å². The summed E-state index contributed by atoms with van der Waals surface area (Å²) < 4.78 is 0. The van der Waals surface area contributed by atoms with Gasteiger partial charge in [0.15, 0.2) is 0 Å². The SMILES string of the molecule is CC(Br)CC(C)(C)Cc1cccs1. The van der Waals surface area contributed by atoms with Crippen molar-refractivity contribution in [1.82, 2.24) is 0 Å². The van der Waals surface area contributed by atoms with E-state index in [-0.39, 0.29) is 0 Å². The fourth-order valence-corrected chi connectivity index (χ4v) is 3.56. The Hall–Kier alpha value is 0.180. The van der Waals surface area contributed by atoms with Crippen LogP contribution in [0.15, 0.2) is 17.5 Å². The first-order chi connectivity index (χ1) is 5.99. The van der Waals surface area contributed by atoms with Crippen molar-refractivity contribution in [3.63, 3.8) is 0 Å². The van der Waals surface area contributed by atoms with Crippen molar-refractivity contribution in [3.8, 4) is 0 Å². The van der Waals surface area contributed by atoms with E-state index in [4.69, 9.17) is 0 Å². The average molecular weight is 261 g/mol. The standard InChI is InChI=1S/C11H17BrS/c1-9(12)7-11(2,3)8-10-5-4-6-13-10/h4-6,9H,7-8H2,1-3H3. The van der Waals surface area contributed by atoms with Crippen molar-refractivity contribution in [2.75, 3.05) is 0 Å². The van der Waals surface area contributed by atoms with Crippen molar-refractivity contribution in [3.05, 3.63) is 22.4 Å². The molecule has 0 amide bonds. The Balaban J connectivity index is 2.51. The lowest BCUT2D eigenvalue weighted by atomic mass is 9.84. The zero-order valence-corrected chi connectivity index (χ0v) is 10.9. The minimum atomic E-state index is 0.410. The molecule has 0 aliphatic heterocycles. The largest absolute Gasteiger partial charge is 0.149 e. The molecule has 0 saturated heterocycles. The predicted octanol–water partition coefficient (Wildman–Crippen LogP) is 4.49. The van der Waals surface area contributed by atoms with Crippen molar-refractivity contribution < 1.29 is 0 Å². The molecule has 0 spiro atoms. The van der Waals surface area contributed by atoms with E-state index in [0.717, 1.165) is 0 Å². The molecule has 0 radical (unpaired) electrons. The summed E-state index contributed by atoms with van der Waals surface area (Å²) in [5.74, 6) is 0. The summed E-state index contributed by atoms with van der Waals surface area (Å²) >= 11 is 5.48. The van der Waals surface area contributed by atoms with E-state index in [2.05, 4.69) is 54.2 Å². The molecule has 0 nitrogen and oxygen atoms in total. The summed E-state index contributed by atoms with van der Waals surface area (Å²) in [6, 6.07) is 4.36. The van der Waals surface area contributed by atoms with E-state index in [0.29, 0.717) is 10.2 Å². The molecule has 0 N–H and O–H groups in total. The molecule has 1 heterocycles. The van der Waals surface area contributed by atoms with Crippen LogP contribution in [0.2, 0.25) is 0 Å². The molecule has 1 atom stereocenters. The molecular formula is C11H17BrS. The van der Waals surface area contributed by atoms with Gasteiger partial charge in [-0.3, -0.25) is 0 Å². The first-order valence-electron chi connectivity index (χ1n) is 4.66. The molecule has 0 aliphatic rings. The van der Waals surface area contributed by atoms with Crippen LogP contribution < -0.4 is 0 Å². The summed E-state index contributed by atoms with van der Waals surface area (Å²) in [7, 11) is 0. The van der Waals surface area contributed by atoms with Crippen molar-refractivity contribution in [1.29, 1.82) is 0 Å². The van der Waals surface area contributed by atoms with Crippen LogP contribution in [0.25, 0.3) is 0 Å². The van der Waals surface area contributed by atoms with Crippen molar-refractivity contribution in [2.24, 2.45) is 5.41 Å². The van der Waals surface area contributed by atoms with Crippen LogP contribution in [0, 0.1) is 5.41 Å². The monoisotopic (exact) mass is 260 g/mol. The number of halogens is 1. The van der Waals surface area contributed by atoms with Crippen molar-refractivity contribution >= 4 is 27.3 Å². The lowest BCUT2D eigenvalue weighted by molar-refractivity contribution is 0.337. The molecule has 1 rings (SSSR count). The minimum Gasteiger partial charge on any atom is -0.149 e. The Morgan fingerprint density at radius 2 is 2.23 bits per heavy atom. The van der Waals surface area contributed by atoms with Gasteiger partial charge in [0.05, 0.1) is 0 Å². The van der Waals surface area contributed by atoms with Crippen LogP contribution in [-0.4, -0.2) is 4.83 Å². The first-order valence-corrected chi connectivity index (χ1v) is 6.45. The van der Waals surface area contributed by atoms with Crippen LogP contribution >= 0.6 is 27.3 Å². The van der Waals surface area contributed by atoms with Crippen LogP contribution in [0.5, 0.6) is 0 Å². The maximum atomic E-state index is 3.62. The zero-order chi connectivity index (χ0) is 9.90. The number of hydrogen-bond acceptors (Lipinski definition) is 1. The Morgan fingerprint density at radius 1 is 1.54 bits per heavy atom. The number of hydrogen-bond donors (Lipinski definition) is 0. The molecule has 1 aromatic rings. The van der Waals surface area contributed by atoms with Gasteiger partial charge in [0.2, 0.25) is 0 Å². The van der Waals surface area contributed by atoms with Gasteiger partial charge in [-0.2, -0.15) is 0 Å². The maximum absolute atomic E-state index is 3.62. The minimum absolute atomic E-state index is 0.410. The van der Waals surface area contributed by atoms with Crippen LogP contribution in [0.3, 0.4) is 0 Å². The maximum Gasteiger partial charge on any atom is 0.0122 e. The van der Waals surface area contributed by atoms with Crippen LogP contribution in [-0.2, 0) is 6.42 Å². The average Bonchev–Trinajstić information content (AvgIpc) is 2.34. The summed E-state index contributed by atoms with van der Waals surface area (Å²) in [5, 5.41) is 2.16. The summed E-state index contributed by atoms with van der Waals surface area (Å²) in [6.45, 7) is 6.89. The lowest BCUT2D eigenvalue weighted by Crippen LogP contribution is -2.17. The quantitative estimate of drug-likeness (QED) is 0.700. The van der Waals surface area contributed by atoms with Gasteiger partial charge >= 0.3 is 0 Å². The second-order valence-corrected chi connectivity index (χ2v) is 7.00. The Labute approximate surface area is 93.5 Å². The van der Waals surface area contributed by atoms with Gasteiger partial charge in [0, 0.05) is 9.70 Å². The highest BCUT2D eigenvalue weighted by atomic mass is 79.9. The second-order valence-electron chi connectivity index (χ2n) is 4.41. The van der Waals surface area contributed by atoms with Gasteiger partial charge in [-0.15, -0.1) is 11.3 Å². The van der Waals surface area contributed by atoms with Crippen LogP contribution in [0.1, 0.15) is 32.1 Å². The van der Waals surface area contributed by atoms with Gasteiger partial charge < -0.3 is 0 Å². The highest BCUT2D eigenvalue weighted by molar-refractivity contribution is 9.09. The summed E-state index contributed by atoms with van der Waals surface area (Å²) in [4.78, 5) is 2.11. The molecule has 2 heteroatoms. The Kier molecular flexibility index (Phi) is 3.99.